The number of pyridine rings is 1. The lowest BCUT2D eigenvalue weighted by molar-refractivity contribution is 0.241. The molecule has 4 heteroatoms. The average Bonchev–Trinajstić information content (AvgIpc) is 2.48. The standard InChI is InChI=1S/C17H21NO3/c1-4-11-19-14-5-7-15(8-6-14)21-17-10-9-16(12-18-17)20-13(2)3/h5-10,12-13H,4,11H2,1-3H3. The van der Waals surface area contributed by atoms with Crippen LogP contribution in [0.4, 0.5) is 0 Å². The summed E-state index contributed by atoms with van der Waals surface area (Å²) in [6.07, 6.45) is 2.79. The molecule has 2 aromatic rings. The normalized spacial score (nSPS) is 10.5. The summed E-state index contributed by atoms with van der Waals surface area (Å²) in [5.74, 6) is 2.84. The van der Waals surface area contributed by atoms with Gasteiger partial charge in [0.05, 0.1) is 18.9 Å². The Kier molecular flexibility index (Phi) is 5.43. The minimum Gasteiger partial charge on any atom is -0.494 e. The Balaban J connectivity index is 1.94. The van der Waals surface area contributed by atoms with E-state index in [9.17, 15) is 0 Å². The molecule has 1 heterocycles. The molecule has 0 unspecified atom stereocenters. The minimum atomic E-state index is 0.134. The Labute approximate surface area is 125 Å². The van der Waals surface area contributed by atoms with Gasteiger partial charge in [-0.3, -0.25) is 0 Å². The topological polar surface area (TPSA) is 40.6 Å². The van der Waals surface area contributed by atoms with Crippen molar-refractivity contribution in [3.05, 3.63) is 42.6 Å². The SMILES string of the molecule is CCCOc1ccc(Oc2ccc(OC(C)C)cn2)cc1. The van der Waals surface area contributed by atoms with Crippen molar-refractivity contribution in [2.24, 2.45) is 0 Å². The van der Waals surface area contributed by atoms with Gasteiger partial charge in [0.1, 0.15) is 17.2 Å². The third-order valence-electron chi connectivity index (χ3n) is 2.60. The zero-order valence-corrected chi connectivity index (χ0v) is 12.7. The van der Waals surface area contributed by atoms with Crippen LogP contribution < -0.4 is 14.2 Å². The van der Waals surface area contributed by atoms with Gasteiger partial charge in [-0.2, -0.15) is 0 Å². The Bertz CT molecular complexity index is 535. The summed E-state index contributed by atoms with van der Waals surface area (Å²) in [6.45, 7) is 6.76. The quantitative estimate of drug-likeness (QED) is 0.754. The molecule has 2 rings (SSSR count). The van der Waals surface area contributed by atoms with E-state index in [1.165, 1.54) is 0 Å². The van der Waals surface area contributed by atoms with Gasteiger partial charge < -0.3 is 14.2 Å². The van der Waals surface area contributed by atoms with Crippen molar-refractivity contribution >= 4 is 0 Å². The van der Waals surface area contributed by atoms with E-state index in [0.29, 0.717) is 5.88 Å². The van der Waals surface area contributed by atoms with Gasteiger partial charge in [0.2, 0.25) is 5.88 Å². The molecule has 0 aliphatic heterocycles. The molecule has 0 bridgehead atoms. The van der Waals surface area contributed by atoms with Crippen LogP contribution in [0.5, 0.6) is 23.1 Å². The van der Waals surface area contributed by atoms with E-state index in [1.807, 2.05) is 44.2 Å². The van der Waals surface area contributed by atoms with Gasteiger partial charge in [0.25, 0.3) is 0 Å². The van der Waals surface area contributed by atoms with Crippen LogP contribution >= 0.6 is 0 Å². The van der Waals surface area contributed by atoms with E-state index >= 15 is 0 Å². The van der Waals surface area contributed by atoms with Gasteiger partial charge in [0.15, 0.2) is 0 Å². The molecular weight excluding hydrogens is 266 g/mol. The van der Waals surface area contributed by atoms with Gasteiger partial charge >= 0.3 is 0 Å². The van der Waals surface area contributed by atoms with Gasteiger partial charge in [-0.25, -0.2) is 4.98 Å². The maximum absolute atomic E-state index is 5.68. The Morgan fingerprint density at radius 1 is 0.952 bits per heavy atom. The van der Waals surface area contributed by atoms with Gasteiger partial charge in [0, 0.05) is 6.07 Å². The second-order valence-electron chi connectivity index (χ2n) is 4.92. The molecule has 0 spiro atoms. The number of rotatable bonds is 7. The van der Waals surface area contributed by atoms with Crippen LogP contribution in [0.15, 0.2) is 42.6 Å². The summed E-state index contributed by atoms with van der Waals surface area (Å²) in [5.41, 5.74) is 0. The second-order valence-corrected chi connectivity index (χ2v) is 4.92. The van der Waals surface area contributed by atoms with Crippen LogP contribution in [0.2, 0.25) is 0 Å². The van der Waals surface area contributed by atoms with Crippen LogP contribution in [-0.4, -0.2) is 17.7 Å². The van der Waals surface area contributed by atoms with E-state index in [0.717, 1.165) is 30.3 Å². The number of aromatic nitrogens is 1. The molecule has 0 radical (unpaired) electrons. The summed E-state index contributed by atoms with van der Waals surface area (Å²) in [7, 11) is 0. The van der Waals surface area contributed by atoms with Crippen molar-refractivity contribution in [2.75, 3.05) is 6.61 Å². The summed E-state index contributed by atoms with van der Waals surface area (Å²) >= 11 is 0. The zero-order chi connectivity index (χ0) is 15.1. The number of nitrogens with zero attached hydrogens (tertiary/aromatic N) is 1. The van der Waals surface area contributed by atoms with E-state index in [1.54, 1.807) is 12.3 Å². The second kappa shape index (κ2) is 7.53. The minimum absolute atomic E-state index is 0.134. The highest BCUT2D eigenvalue weighted by Gasteiger charge is 2.02. The fraction of sp³-hybridized carbons (Fsp3) is 0.353. The maximum Gasteiger partial charge on any atom is 0.219 e. The monoisotopic (exact) mass is 287 g/mol. The summed E-state index contributed by atoms with van der Waals surface area (Å²) < 4.78 is 16.7. The molecule has 0 saturated carbocycles. The van der Waals surface area contributed by atoms with Crippen molar-refractivity contribution in [2.45, 2.75) is 33.3 Å². The molecular formula is C17H21NO3. The lowest BCUT2D eigenvalue weighted by Gasteiger charge is -2.10. The number of benzene rings is 1. The predicted molar refractivity (Wildman–Crippen MR) is 82.3 cm³/mol. The largest absolute Gasteiger partial charge is 0.494 e. The fourth-order valence-corrected chi connectivity index (χ4v) is 1.71. The van der Waals surface area contributed by atoms with Crippen molar-refractivity contribution in [3.63, 3.8) is 0 Å². The summed E-state index contributed by atoms with van der Waals surface area (Å²) in [6, 6.07) is 11.2. The molecule has 21 heavy (non-hydrogen) atoms. The van der Waals surface area contributed by atoms with Crippen molar-refractivity contribution in [1.29, 1.82) is 0 Å². The first kappa shape index (κ1) is 15.2. The first-order valence-corrected chi connectivity index (χ1v) is 7.21. The highest BCUT2D eigenvalue weighted by Crippen LogP contribution is 2.24. The average molecular weight is 287 g/mol. The molecule has 0 amide bonds. The van der Waals surface area contributed by atoms with E-state index in [4.69, 9.17) is 14.2 Å². The molecule has 1 aromatic carbocycles. The third-order valence-corrected chi connectivity index (χ3v) is 2.60. The first-order valence-electron chi connectivity index (χ1n) is 7.21. The van der Waals surface area contributed by atoms with Gasteiger partial charge in [-0.15, -0.1) is 0 Å². The molecule has 0 aliphatic rings. The van der Waals surface area contributed by atoms with E-state index in [-0.39, 0.29) is 6.10 Å². The Morgan fingerprint density at radius 3 is 2.19 bits per heavy atom. The summed E-state index contributed by atoms with van der Waals surface area (Å²) in [5, 5.41) is 0. The lowest BCUT2D eigenvalue weighted by Crippen LogP contribution is -2.05. The number of hydrogen-bond donors (Lipinski definition) is 0. The van der Waals surface area contributed by atoms with Crippen LogP contribution in [0.3, 0.4) is 0 Å². The molecule has 0 saturated heterocycles. The first-order chi connectivity index (χ1) is 10.2. The van der Waals surface area contributed by atoms with Crippen LogP contribution in [0.25, 0.3) is 0 Å². The van der Waals surface area contributed by atoms with Gasteiger partial charge in [-0.1, -0.05) is 6.92 Å². The lowest BCUT2D eigenvalue weighted by atomic mass is 10.3. The summed E-state index contributed by atoms with van der Waals surface area (Å²) in [4.78, 5) is 4.22. The molecule has 0 fully saturated rings. The smallest absolute Gasteiger partial charge is 0.219 e. The van der Waals surface area contributed by atoms with Crippen molar-refractivity contribution < 1.29 is 14.2 Å². The van der Waals surface area contributed by atoms with Crippen LogP contribution in [-0.2, 0) is 0 Å². The molecule has 4 nitrogen and oxygen atoms in total. The highest BCUT2D eigenvalue weighted by molar-refractivity contribution is 5.34. The maximum atomic E-state index is 5.68. The van der Waals surface area contributed by atoms with E-state index < -0.39 is 0 Å². The van der Waals surface area contributed by atoms with Crippen LogP contribution in [0.1, 0.15) is 27.2 Å². The Morgan fingerprint density at radius 2 is 1.62 bits per heavy atom. The predicted octanol–water partition coefficient (Wildman–Crippen LogP) is 4.45. The van der Waals surface area contributed by atoms with Crippen molar-refractivity contribution in [1.82, 2.24) is 4.98 Å². The van der Waals surface area contributed by atoms with Crippen LogP contribution in [0, 0.1) is 0 Å². The fourth-order valence-electron chi connectivity index (χ4n) is 1.71. The van der Waals surface area contributed by atoms with Crippen molar-refractivity contribution in [3.8, 4) is 23.1 Å². The zero-order valence-electron chi connectivity index (χ0n) is 12.7. The Hall–Kier alpha value is -2.23. The molecule has 1 aromatic heterocycles. The third kappa shape index (κ3) is 4.99. The number of hydrogen-bond acceptors (Lipinski definition) is 4. The van der Waals surface area contributed by atoms with Gasteiger partial charge in [-0.05, 0) is 50.6 Å². The molecule has 0 N–H and O–H groups in total. The van der Waals surface area contributed by atoms with E-state index in [2.05, 4.69) is 11.9 Å². The molecule has 0 aliphatic carbocycles. The number of ether oxygens (including phenoxy) is 3. The molecule has 0 atom stereocenters. The molecule has 112 valence electrons. The highest BCUT2D eigenvalue weighted by atomic mass is 16.5.